The van der Waals surface area contributed by atoms with Gasteiger partial charge in [0.05, 0.1) is 23.7 Å². The van der Waals surface area contributed by atoms with Crippen LogP contribution < -0.4 is 17.0 Å². The number of aromatic amines is 1. The first-order valence-electron chi connectivity index (χ1n) is 12.9. The Bertz CT molecular complexity index is 1620. The Labute approximate surface area is 270 Å². The number of methoxy groups -OCH3 is 1. The van der Waals surface area contributed by atoms with E-state index in [1.807, 2.05) is 13.8 Å². The summed E-state index contributed by atoms with van der Waals surface area (Å²) in [6.07, 6.45) is -1.41. The van der Waals surface area contributed by atoms with Crippen LogP contribution in [-0.2, 0) is 45.8 Å². The number of aromatic nitrogens is 3. The molecule has 260 valence electrons. The van der Waals surface area contributed by atoms with Gasteiger partial charge in [0.2, 0.25) is 5.95 Å². The van der Waals surface area contributed by atoms with Crippen LogP contribution in [0.25, 0.3) is 11.0 Å². The molecule has 0 radical (unpaired) electrons. The van der Waals surface area contributed by atoms with E-state index in [0.29, 0.717) is 12.5 Å². The third-order valence-electron chi connectivity index (χ3n) is 5.71. The van der Waals surface area contributed by atoms with Gasteiger partial charge in [-0.1, -0.05) is 33.4 Å². The molecule has 2 aromatic rings. The number of nitrogen functional groups attached to an aromatic ring is 1. The number of hydrogen-bond donors (Lipinski definition) is 7. The van der Waals surface area contributed by atoms with Gasteiger partial charge in [-0.05, 0) is 13.8 Å². The second-order valence-corrected chi connectivity index (χ2v) is 17.3. The van der Waals surface area contributed by atoms with Crippen molar-refractivity contribution in [3.05, 3.63) is 22.1 Å². The predicted octanol–water partition coefficient (Wildman–Crippen LogP) is 1.37. The van der Waals surface area contributed by atoms with Crippen LogP contribution in [0.15, 0.2) is 11.0 Å². The number of nitrogens with two attached hydrogens (primary N) is 2. The SMILES string of the molecule is COCO[C@@H]1C[C@H](n2cc(C#CCOCSSC(C)(C)CN)c3c(=O)[nH]c(N)nc32)O[C@@H]1COP(=O)(O)OP(=O)(O)OP(=O)(O)O. The third-order valence-corrected chi connectivity index (χ3v) is 12.5. The van der Waals surface area contributed by atoms with Crippen LogP contribution >= 0.6 is 45.1 Å². The van der Waals surface area contributed by atoms with E-state index in [-0.39, 0.29) is 47.1 Å². The molecule has 1 saturated heterocycles. The standard InChI is InChI=1S/C21H34N5O15P3S2/c1-21(2,10-22)46-45-12-36-6-4-5-13-8-26(18-17(13)19(27)25-20(23)24-18)16-7-14(37-11-35-3)15(39-16)9-38-43(31,32)41-44(33,34)40-42(28,29)30/h8,14-16H,6-7,9-12,22H2,1-3H3,(H,31,32)(H,33,34)(H2,28,29,30)(H3,23,24,25,27)/t14-,15-,16-/m1/s1. The van der Waals surface area contributed by atoms with Gasteiger partial charge in [-0.3, -0.25) is 14.3 Å². The van der Waals surface area contributed by atoms with E-state index in [4.69, 9.17) is 44.7 Å². The summed E-state index contributed by atoms with van der Waals surface area (Å²) in [6.45, 7) is 3.56. The number of nitrogens with zero attached hydrogens (tertiary/aromatic N) is 2. The van der Waals surface area contributed by atoms with Gasteiger partial charge in [-0.25, -0.2) is 13.7 Å². The van der Waals surface area contributed by atoms with Crippen LogP contribution in [-0.4, -0.2) is 90.7 Å². The van der Waals surface area contributed by atoms with E-state index in [1.54, 1.807) is 10.8 Å². The van der Waals surface area contributed by atoms with Gasteiger partial charge < -0.3 is 54.6 Å². The topological polar surface area (TPSA) is 299 Å². The Balaban J connectivity index is 1.78. The summed E-state index contributed by atoms with van der Waals surface area (Å²) in [5.41, 5.74) is 11.3. The lowest BCUT2D eigenvalue weighted by molar-refractivity contribution is -0.106. The average molecular weight is 754 g/mol. The quantitative estimate of drug-likeness (QED) is 0.0394. The zero-order chi connectivity index (χ0) is 34.3. The number of H-pyrrole nitrogens is 1. The molecule has 1 aliphatic heterocycles. The third kappa shape index (κ3) is 12.0. The van der Waals surface area contributed by atoms with Gasteiger partial charge in [0.25, 0.3) is 5.56 Å². The number of phosphoric acid groups is 3. The van der Waals surface area contributed by atoms with Crippen LogP contribution in [0.2, 0.25) is 0 Å². The average Bonchev–Trinajstić information content (AvgIpc) is 3.49. The Morgan fingerprint density at radius 2 is 1.93 bits per heavy atom. The minimum absolute atomic E-state index is 0.0516. The summed E-state index contributed by atoms with van der Waals surface area (Å²) in [4.78, 5) is 56.2. The molecule has 3 heterocycles. The lowest BCUT2D eigenvalue weighted by Gasteiger charge is -2.21. The molecule has 25 heteroatoms. The fourth-order valence-corrected chi connectivity index (χ4v) is 8.91. The zero-order valence-corrected chi connectivity index (χ0v) is 28.9. The maximum Gasteiger partial charge on any atom is 0.490 e. The van der Waals surface area contributed by atoms with E-state index in [0.717, 1.165) is 0 Å². The van der Waals surface area contributed by atoms with Gasteiger partial charge in [-0.15, -0.1) is 0 Å². The highest BCUT2D eigenvalue weighted by Gasteiger charge is 2.43. The van der Waals surface area contributed by atoms with E-state index in [2.05, 4.69) is 30.4 Å². The van der Waals surface area contributed by atoms with E-state index in [1.165, 1.54) is 28.7 Å². The first kappa shape index (κ1) is 39.1. The number of rotatable bonds is 17. The molecule has 2 aromatic heterocycles. The highest BCUT2D eigenvalue weighted by atomic mass is 33.1. The van der Waals surface area contributed by atoms with Crippen molar-refractivity contribution in [2.24, 2.45) is 5.73 Å². The van der Waals surface area contributed by atoms with Crippen LogP contribution in [0.3, 0.4) is 0 Å². The molecule has 0 spiro atoms. The van der Waals surface area contributed by atoms with Crippen molar-refractivity contribution >= 4 is 62.0 Å². The van der Waals surface area contributed by atoms with Gasteiger partial charge in [-0.2, -0.15) is 13.6 Å². The molecule has 0 aromatic carbocycles. The predicted molar refractivity (Wildman–Crippen MR) is 166 cm³/mol. The number of ether oxygens (including phenoxy) is 4. The molecule has 0 aliphatic carbocycles. The fraction of sp³-hybridized carbons (Fsp3) is 0.619. The number of hydrogen-bond acceptors (Lipinski definition) is 16. The highest BCUT2D eigenvalue weighted by Crippen LogP contribution is 2.66. The Kier molecular flexibility index (Phi) is 13.9. The second kappa shape index (κ2) is 16.4. The van der Waals surface area contributed by atoms with E-state index >= 15 is 0 Å². The molecule has 46 heavy (non-hydrogen) atoms. The number of fused-ring (bicyclic) bond motifs is 1. The molecule has 0 bridgehead atoms. The van der Waals surface area contributed by atoms with Crippen LogP contribution in [0.5, 0.6) is 0 Å². The van der Waals surface area contributed by atoms with Crippen molar-refractivity contribution in [1.82, 2.24) is 14.5 Å². The smallest absolute Gasteiger partial charge is 0.369 e. The van der Waals surface area contributed by atoms with Gasteiger partial charge in [0, 0.05) is 31.0 Å². The molecule has 20 nitrogen and oxygen atoms in total. The van der Waals surface area contributed by atoms with Crippen molar-refractivity contribution in [2.45, 2.75) is 43.5 Å². The molecule has 0 saturated carbocycles. The number of nitrogens with one attached hydrogen (secondary N) is 1. The van der Waals surface area contributed by atoms with Crippen LogP contribution in [0, 0.1) is 11.8 Å². The Hall–Kier alpha value is -1.31. The first-order valence-corrected chi connectivity index (χ1v) is 19.7. The Morgan fingerprint density at radius 3 is 2.59 bits per heavy atom. The molecule has 5 atom stereocenters. The lowest BCUT2D eigenvalue weighted by Crippen LogP contribution is -2.29. The molecular weight excluding hydrogens is 719 g/mol. The summed E-state index contributed by atoms with van der Waals surface area (Å²) < 4.78 is 70.4. The first-order chi connectivity index (χ1) is 21.4. The maximum atomic E-state index is 12.8. The normalized spacial score (nSPS) is 21.5. The minimum Gasteiger partial charge on any atom is -0.369 e. The molecule has 0 amide bonds. The monoisotopic (exact) mass is 753 g/mol. The lowest BCUT2D eigenvalue weighted by atomic mass is 10.2. The molecular formula is C21H34N5O15P3S2. The molecule has 2 unspecified atom stereocenters. The fourth-order valence-electron chi connectivity index (χ4n) is 3.79. The Morgan fingerprint density at radius 1 is 1.22 bits per heavy atom. The summed E-state index contributed by atoms with van der Waals surface area (Å²) in [5, 5.41) is 0.103. The highest BCUT2D eigenvalue weighted by molar-refractivity contribution is 8.77. The van der Waals surface area contributed by atoms with Crippen molar-refractivity contribution < 1.29 is 65.4 Å². The molecule has 1 aliphatic rings. The van der Waals surface area contributed by atoms with E-state index in [9.17, 15) is 28.3 Å². The van der Waals surface area contributed by atoms with Crippen LogP contribution in [0.4, 0.5) is 5.95 Å². The molecule has 1 fully saturated rings. The summed E-state index contributed by atoms with van der Waals surface area (Å²) in [7, 11) is -12.3. The number of phosphoric ester groups is 1. The molecule has 9 N–H and O–H groups in total. The largest absolute Gasteiger partial charge is 0.490 e. The van der Waals surface area contributed by atoms with Crippen molar-refractivity contribution in [3.63, 3.8) is 0 Å². The maximum absolute atomic E-state index is 12.8. The zero-order valence-electron chi connectivity index (χ0n) is 24.5. The number of anilines is 1. The van der Waals surface area contributed by atoms with Crippen molar-refractivity contribution in [1.29, 1.82) is 0 Å². The van der Waals surface area contributed by atoms with Gasteiger partial charge >= 0.3 is 23.5 Å². The second-order valence-electron chi connectivity index (χ2n) is 9.90. The van der Waals surface area contributed by atoms with Crippen LogP contribution in [0.1, 0.15) is 32.1 Å². The summed E-state index contributed by atoms with van der Waals surface area (Å²) >= 11 is 0. The van der Waals surface area contributed by atoms with Crippen molar-refractivity contribution in [2.75, 3.05) is 45.3 Å². The molecule has 3 rings (SSSR count). The summed E-state index contributed by atoms with van der Waals surface area (Å²) in [5.74, 6) is 5.89. The van der Waals surface area contributed by atoms with Gasteiger partial charge in [0.1, 0.15) is 31.7 Å². The summed E-state index contributed by atoms with van der Waals surface area (Å²) in [6, 6.07) is 0. The van der Waals surface area contributed by atoms with Gasteiger partial charge in [0.15, 0.2) is 5.65 Å². The minimum atomic E-state index is -5.73. The van der Waals surface area contributed by atoms with Crippen molar-refractivity contribution in [3.8, 4) is 11.8 Å². The van der Waals surface area contributed by atoms with E-state index < -0.39 is 54.1 Å².